The van der Waals surface area contributed by atoms with E-state index in [0.717, 1.165) is 22.5 Å². The van der Waals surface area contributed by atoms with Crippen molar-refractivity contribution in [3.8, 4) is 5.69 Å². The molecule has 3 aromatic rings. The Morgan fingerprint density at radius 2 is 1.76 bits per heavy atom. The highest BCUT2D eigenvalue weighted by Gasteiger charge is 2.03. The maximum Gasteiger partial charge on any atom is 0.240 e. The van der Waals surface area contributed by atoms with Crippen molar-refractivity contribution in [3.63, 3.8) is 0 Å². The van der Waals surface area contributed by atoms with Gasteiger partial charge in [0.2, 0.25) is 5.91 Å². The van der Waals surface area contributed by atoms with Gasteiger partial charge in [0, 0.05) is 29.6 Å². The lowest BCUT2D eigenvalue weighted by atomic mass is 10.1. The largest absolute Gasteiger partial charge is 0.321 e. The Labute approximate surface area is 147 Å². The Morgan fingerprint density at radius 3 is 2.48 bits per heavy atom. The first-order valence-corrected chi connectivity index (χ1v) is 8.32. The first-order valence-electron chi connectivity index (χ1n) is 8.32. The molecule has 4 heteroatoms. The monoisotopic (exact) mass is 331 g/mol. The second-order valence-electron chi connectivity index (χ2n) is 5.90. The zero-order valence-electron chi connectivity index (χ0n) is 14.2. The van der Waals surface area contributed by atoms with E-state index in [2.05, 4.69) is 27.2 Å². The van der Waals surface area contributed by atoms with Crippen LogP contribution in [0.15, 0.2) is 78.0 Å². The second-order valence-corrected chi connectivity index (χ2v) is 5.90. The third-order valence-electron chi connectivity index (χ3n) is 3.95. The highest BCUT2D eigenvalue weighted by Crippen LogP contribution is 2.13. The summed E-state index contributed by atoms with van der Waals surface area (Å²) in [5.41, 5.74) is 6.91. The zero-order valence-corrected chi connectivity index (χ0v) is 14.2. The quantitative estimate of drug-likeness (QED) is 0.541. The highest BCUT2D eigenvalue weighted by molar-refractivity contribution is 5.82. The van der Waals surface area contributed by atoms with Gasteiger partial charge >= 0.3 is 0 Å². The number of rotatable bonds is 6. The van der Waals surface area contributed by atoms with Gasteiger partial charge < -0.3 is 4.57 Å². The van der Waals surface area contributed by atoms with E-state index in [4.69, 9.17) is 0 Å². The summed E-state index contributed by atoms with van der Waals surface area (Å²) in [5, 5.41) is 4.06. The number of aromatic nitrogens is 1. The molecule has 126 valence electrons. The van der Waals surface area contributed by atoms with Crippen LogP contribution in [-0.4, -0.2) is 16.7 Å². The number of benzene rings is 2. The Hall–Kier alpha value is -3.14. The summed E-state index contributed by atoms with van der Waals surface area (Å²) < 4.78 is 2.10. The molecule has 0 spiro atoms. The topological polar surface area (TPSA) is 46.4 Å². The molecule has 25 heavy (non-hydrogen) atoms. The minimum Gasteiger partial charge on any atom is -0.321 e. The van der Waals surface area contributed by atoms with E-state index in [1.807, 2.05) is 67.7 Å². The average Bonchev–Trinajstić information content (AvgIpc) is 3.02. The van der Waals surface area contributed by atoms with Crippen molar-refractivity contribution in [2.24, 2.45) is 5.10 Å². The van der Waals surface area contributed by atoms with Crippen molar-refractivity contribution in [3.05, 3.63) is 89.7 Å². The number of nitrogens with one attached hydrogen (secondary N) is 1. The summed E-state index contributed by atoms with van der Waals surface area (Å²) in [4.78, 5) is 11.9. The molecule has 0 saturated carbocycles. The summed E-state index contributed by atoms with van der Waals surface area (Å²) in [6, 6.07) is 22.1. The van der Waals surface area contributed by atoms with E-state index in [1.54, 1.807) is 6.21 Å². The van der Waals surface area contributed by atoms with Crippen LogP contribution in [0, 0.1) is 6.92 Å². The fourth-order valence-electron chi connectivity index (χ4n) is 2.67. The molecular weight excluding hydrogens is 310 g/mol. The number of amides is 1. The van der Waals surface area contributed by atoms with E-state index in [-0.39, 0.29) is 5.91 Å². The predicted octanol–water partition coefficient (Wildman–Crippen LogP) is 3.87. The molecule has 3 rings (SSSR count). The lowest BCUT2D eigenvalue weighted by Gasteiger charge is -2.04. The molecule has 1 aromatic heterocycles. The van der Waals surface area contributed by atoms with Crippen LogP contribution in [0.4, 0.5) is 0 Å². The van der Waals surface area contributed by atoms with Gasteiger partial charge in [-0.25, -0.2) is 5.43 Å². The molecule has 0 fully saturated rings. The number of hydrazone groups is 1. The highest BCUT2D eigenvalue weighted by atomic mass is 16.2. The molecular formula is C21H21N3O. The third-order valence-corrected chi connectivity index (χ3v) is 3.95. The fourth-order valence-corrected chi connectivity index (χ4v) is 2.67. The van der Waals surface area contributed by atoms with Crippen LogP contribution >= 0.6 is 0 Å². The zero-order chi connectivity index (χ0) is 17.5. The molecule has 4 nitrogen and oxygen atoms in total. The van der Waals surface area contributed by atoms with Crippen molar-refractivity contribution >= 4 is 12.1 Å². The summed E-state index contributed by atoms with van der Waals surface area (Å²) in [7, 11) is 0. The molecule has 1 heterocycles. The maximum absolute atomic E-state index is 11.9. The van der Waals surface area contributed by atoms with Crippen molar-refractivity contribution in [2.75, 3.05) is 0 Å². The number of aryl methyl sites for hydroxylation is 2. The molecule has 0 radical (unpaired) electrons. The first-order chi connectivity index (χ1) is 12.2. The molecule has 1 amide bonds. The van der Waals surface area contributed by atoms with E-state index < -0.39 is 0 Å². The molecule has 0 bridgehead atoms. The van der Waals surface area contributed by atoms with E-state index in [1.165, 1.54) is 0 Å². The van der Waals surface area contributed by atoms with Crippen LogP contribution < -0.4 is 5.43 Å². The Kier molecular flexibility index (Phi) is 5.42. The number of hydrogen-bond acceptors (Lipinski definition) is 2. The normalized spacial score (nSPS) is 10.9. The van der Waals surface area contributed by atoms with E-state index >= 15 is 0 Å². The van der Waals surface area contributed by atoms with Gasteiger partial charge in [-0.15, -0.1) is 0 Å². The van der Waals surface area contributed by atoms with Gasteiger partial charge in [-0.3, -0.25) is 4.79 Å². The SMILES string of the molecule is Cc1cc(/C=N/NC(=O)CCc2ccccc2)cn1-c1ccccc1. The van der Waals surface area contributed by atoms with Gasteiger partial charge in [0.25, 0.3) is 0 Å². The van der Waals surface area contributed by atoms with Crippen LogP contribution in [0.5, 0.6) is 0 Å². The van der Waals surface area contributed by atoms with Gasteiger partial charge in [0.05, 0.1) is 6.21 Å². The summed E-state index contributed by atoms with van der Waals surface area (Å²) >= 11 is 0. The van der Waals surface area contributed by atoms with Crippen LogP contribution in [-0.2, 0) is 11.2 Å². The Balaban J connectivity index is 1.55. The minimum atomic E-state index is -0.0840. The Morgan fingerprint density at radius 1 is 1.08 bits per heavy atom. The van der Waals surface area contributed by atoms with Crippen LogP contribution in [0.2, 0.25) is 0 Å². The summed E-state index contributed by atoms with van der Waals surface area (Å²) in [5.74, 6) is -0.0840. The molecule has 0 atom stereocenters. The van der Waals surface area contributed by atoms with Crippen LogP contribution in [0.3, 0.4) is 0 Å². The van der Waals surface area contributed by atoms with Crippen molar-refractivity contribution in [1.82, 2.24) is 9.99 Å². The Bertz CT molecular complexity index is 851. The molecule has 0 saturated heterocycles. The smallest absolute Gasteiger partial charge is 0.240 e. The molecule has 0 aliphatic carbocycles. The number of carbonyl (C=O) groups excluding carboxylic acids is 1. The molecule has 0 aliphatic rings. The maximum atomic E-state index is 11.9. The van der Waals surface area contributed by atoms with E-state index in [9.17, 15) is 4.79 Å². The average molecular weight is 331 g/mol. The van der Waals surface area contributed by atoms with Gasteiger partial charge in [-0.05, 0) is 37.1 Å². The number of carbonyl (C=O) groups is 1. The lowest BCUT2D eigenvalue weighted by Crippen LogP contribution is -2.17. The second kappa shape index (κ2) is 8.11. The lowest BCUT2D eigenvalue weighted by molar-refractivity contribution is -0.121. The molecule has 0 unspecified atom stereocenters. The summed E-state index contributed by atoms with van der Waals surface area (Å²) in [6.07, 6.45) is 4.81. The fraction of sp³-hybridized carbons (Fsp3) is 0.143. The number of para-hydroxylation sites is 1. The van der Waals surface area contributed by atoms with Crippen molar-refractivity contribution in [2.45, 2.75) is 19.8 Å². The molecule has 2 aromatic carbocycles. The number of nitrogens with zero attached hydrogens (tertiary/aromatic N) is 2. The van der Waals surface area contributed by atoms with Crippen molar-refractivity contribution < 1.29 is 4.79 Å². The van der Waals surface area contributed by atoms with Gasteiger partial charge in [-0.2, -0.15) is 5.10 Å². The van der Waals surface area contributed by atoms with Gasteiger partial charge in [0.1, 0.15) is 0 Å². The van der Waals surface area contributed by atoms with E-state index in [0.29, 0.717) is 12.8 Å². The molecule has 0 aliphatic heterocycles. The third kappa shape index (κ3) is 4.67. The first kappa shape index (κ1) is 16.7. The standard InChI is InChI=1S/C21H21N3O/c1-17-14-19(16-24(17)20-10-6-3-7-11-20)15-22-23-21(25)13-12-18-8-4-2-5-9-18/h2-11,14-16H,12-13H2,1H3,(H,23,25)/b22-15+. The van der Waals surface area contributed by atoms with Crippen molar-refractivity contribution in [1.29, 1.82) is 0 Å². The van der Waals surface area contributed by atoms with Gasteiger partial charge in [0.15, 0.2) is 0 Å². The van der Waals surface area contributed by atoms with Gasteiger partial charge in [-0.1, -0.05) is 48.5 Å². The van der Waals surface area contributed by atoms with Crippen LogP contribution in [0.25, 0.3) is 5.69 Å². The number of hydrogen-bond donors (Lipinski definition) is 1. The van der Waals surface area contributed by atoms with Crippen LogP contribution in [0.1, 0.15) is 23.2 Å². The minimum absolute atomic E-state index is 0.0840. The molecule has 1 N–H and O–H groups in total. The summed E-state index contributed by atoms with van der Waals surface area (Å²) in [6.45, 7) is 2.04. The predicted molar refractivity (Wildman–Crippen MR) is 101 cm³/mol.